The molecule has 0 unspecified atom stereocenters. The van der Waals surface area contributed by atoms with Crippen molar-refractivity contribution >= 4 is 5.97 Å². The predicted octanol–water partition coefficient (Wildman–Crippen LogP) is 1.07. The molecular weight excluding hydrogens is 142 g/mol. The van der Waals surface area contributed by atoms with E-state index in [1.165, 1.54) is 0 Å². The standard InChI is InChI=1S/C8H17NO2/c1-3-5-6-11-8(10)7(9)4-2/h7H,3-6,9H2,1-2H3/t7-/m1/s1. The maximum absolute atomic E-state index is 10.9. The number of carbonyl (C=O) groups excluding carboxylic acids is 1. The van der Waals surface area contributed by atoms with Crippen LogP contribution in [0.4, 0.5) is 0 Å². The summed E-state index contributed by atoms with van der Waals surface area (Å²) < 4.78 is 4.87. The Bertz CT molecular complexity index is 115. The molecule has 66 valence electrons. The Morgan fingerprint density at radius 1 is 1.55 bits per heavy atom. The highest BCUT2D eigenvalue weighted by Crippen LogP contribution is 1.93. The molecule has 0 bridgehead atoms. The van der Waals surface area contributed by atoms with Crippen LogP contribution in [0.1, 0.15) is 33.1 Å². The molecule has 0 heterocycles. The second kappa shape index (κ2) is 6.16. The molecule has 0 fully saturated rings. The third-order valence-corrected chi connectivity index (χ3v) is 1.48. The summed E-state index contributed by atoms with van der Waals surface area (Å²) in [6, 6.07) is -0.438. The molecular formula is C8H17NO2. The van der Waals surface area contributed by atoms with E-state index in [1.54, 1.807) is 0 Å². The first-order valence-corrected chi connectivity index (χ1v) is 4.14. The number of hydrogen-bond acceptors (Lipinski definition) is 3. The van der Waals surface area contributed by atoms with Crippen LogP contribution in [0, 0.1) is 0 Å². The van der Waals surface area contributed by atoms with Gasteiger partial charge in [-0.1, -0.05) is 20.3 Å². The number of ether oxygens (including phenoxy) is 1. The van der Waals surface area contributed by atoms with Gasteiger partial charge < -0.3 is 10.5 Å². The van der Waals surface area contributed by atoms with Crippen LogP contribution in [0.15, 0.2) is 0 Å². The first kappa shape index (κ1) is 10.4. The molecule has 0 radical (unpaired) electrons. The zero-order valence-corrected chi connectivity index (χ0v) is 7.30. The Morgan fingerprint density at radius 2 is 2.18 bits per heavy atom. The molecule has 0 aliphatic carbocycles. The SMILES string of the molecule is CCCCOC(=O)[C@H](N)CC. The number of unbranched alkanes of at least 4 members (excludes halogenated alkanes) is 1. The number of nitrogens with two attached hydrogens (primary N) is 1. The van der Waals surface area contributed by atoms with E-state index in [-0.39, 0.29) is 5.97 Å². The van der Waals surface area contributed by atoms with Crippen molar-refractivity contribution in [3.05, 3.63) is 0 Å². The van der Waals surface area contributed by atoms with E-state index in [4.69, 9.17) is 10.5 Å². The Morgan fingerprint density at radius 3 is 2.64 bits per heavy atom. The van der Waals surface area contributed by atoms with Gasteiger partial charge in [0.1, 0.15) is 6.04 Å². The maximum Gasteiger partial charge on any atom is 0.322 e. The molecule has 0 saturated carbocycles. The molecule has 2 N–H and O–H groups in total. The number of esters is 1. The average molecular weight is 159 g/mol. The van der Waals surface area contributed by atoms with Gasteiger partial charge in [0.2, 0.25) is 0 Å². The minimum atomic E-state index is -0.438. The summed E-state index contributed by atoms with van der Waals surface area (Å²) in [5.74, 6) is -0.277. The molecule has 0 rings (SSSR count). The first-order chi connectivity index (χ1) is 5.22. The van der Waals surface area contributed by atoms with Gasteiger partial charge in [0.15, 0.2) is 0 Å². The zero-order chi connectivity index (χ0) is 8.69. The van der Waals surface area contributed by atoms with Gasteiger partial charge in [-0.05, 0) is 12.8 Å². The molecule has 3 nitrogen and oxygen atoms in total. The molecule has 11 heavy (non-hydrogen) atoms. The van der Waals surface area contributed by atoms with E-state index in [1.807, 2.05) is 13.8 Å². The highest BCUT2D eigenvalue weighted by atomic mass is 16.5. The fraction of sp³-hybridized carbons (Fsp3) is 0.875. The Kier molecular flexibility index (Phi) is 5.84. The van der Waals surface area contributed by atoms with Gasteiger partial charge in [0.25, 0.3) is 0 Å². The Labute approximate surface area is 67.9 Å². The van der Waals surface area contributed by atoms with Crippen molar-refractivity contribution in [1.29, 1.82) is 0 Å². The summed E-state index contributed by atoms with van der Waals surface area (Å²) in [6.45, 7) is 4.42. The largest absolute Gasteiger partial charge is 0.465 e. The topological polar surface area (TPSA) is 52.3 Å². The third-order valence-electron chi connectivity index (χ3n) is 1.48. The second-order valence-electron chi connectivity index (χ2n) is 2.54. The van der Waals surface area contributed by atoms with Gasteiger partial charge in [0, 0.05) is 0 Å². The quantitative estimate of drug-likeness (QED) is 0.482. The van der Waals surface area contributed by atoms with Crippen molar-refractivity contribution < 1.29 is 9.53 Å². The van der Waals surface area contributed by atoms with Gasteiger partial charge in [0.05, 0.1) is 6.61 Å². The van der Waals surface area contributed by atoms with Crippen LogP contribution in [0.3, 0.4) is 0 Å². The van der Waals surface area contributed by atoms with Crippen molar-refractivity contribution in [3.63, 3.8) is 0 Å². The van der Waals surface area contributed by atoms with Gasteiger partial charge in [-0.15, -0.1) is 0 Å². The van der Waals surface area contributed by atoms with Crippen LogP contribution in [0.2, 0.25) is 0 Å². The van der Waals surface area contributed by atoms with Crippen molar-refractivity contribution in [2.75, 3.05) is 6.61 Å². The lowest BCUT2D eigenvalue weighted by Gasteiger charge is -2.07. The fourth-order valence-corrected chi connectivity index (χ4v) is 0.591. The second-order valence-corrected chi connectivity index (χ2v) is 2.54. The van der Waals surface area contributed by atoms with Crippen LogP contribution in [-0.2, 0) is 9.53 Å². The van der Waals surface area contributed by atoms with Crippen molar-refractivity contribution in [2.24, 2.45) is 5.73 Å². The Balaban J connectivity index is 3.36. The highest BCUT2D eigenvalue weighted by Gasteiger charge is 2.10. The third kappa shape index (κ3) is 4.79. The molecule has 0 saturated heterocycles. The molecule has 0 aliphatic heterocycles. The molecule has 0 aromatic heterocycles. The van der Waals surface area contributed by atoms with Gasteiger partial charge in [-0.3, -0.25) is 4.79 Å². The summed E-state index contributed by atoms with van der Waals surface area (Å²) >= 11 is 0. The molecule has 3 heteroatoms. The number of hydrogen-bond donors (Lipinski definition) is 1. The number of carbonyl (C=O) groups is 1. The van der Waals surface area contributed by atoms with Crippen molar-refractivity contribution in [1.82, 2.24) is 0 Å². The van der Waals surface area contributed by atoms with Crippen LogP contribution in [0.5, 0.6) is 0 Å². The van der Waals surface area contributed by atoms with E-state index >= 15 is 0 Å². The summed E-state index contributed by atoms with van der Waals surface area (Å²) in [7, 11) is 0. The molecule has 0 aromatic rings. The van der Waals surface area contributed by atoms with Crippen molar-refractivity contribution in [3.8, 4) is 0 Å². The lowest BCUT2D eigenvalue weighted by molar-refractivity contribution is -0.145. The molecule has 1 atom stereocenters. The van der Waals surface area contributed by atoms with Crippen LogP contribution in [-0.4, -0.2) is 18.6 Å². The van der Waals surface area contributed by atoms with Crippen molar-refractivity contribution in [2.45, 2.75) is 39.2 Å². The highest BCUT2D eigenvalue weighted by molar-refractivity contribution is 5.75. The van der Waals surface area contributed by atoms with E-state index in [0.29, 0.717) is 13.0 Å². The van der Waals surface area contributed by atoms with Crippen LogP contribution >= 0.6 is 0 Å². The van der Waals surface area contributed by atoms with E-state index in [9.17, 15) is 4.79 Å². The molecule has 0 amide bonds. The summed E-state index contributed by atoms with van der Waals surface area (Å²) in [5, 5.41) is 0. The maximum atomic E-state index is 10.9. The minimum absolute atomic E-state index is 0.277. The molecule has 0 spiro atoms. The van der Waals surface area contributed by atoms with Crippen LogP contribution in [0.25, 0.3) is 0 Å². The van der Waals surface area contributed by atoms with E-state index in [2.05, 4.69) is 0 Å². The monoisotopic (exact) mass is 159 g/mol. The lowest BCUT2D eigenvalue weighted by atomic mass is 10.2. The predicted molar refractivity (Wildman–Crippen MR) is 44.1 cm³/mol. The normalized spacial score (nSPS) is 12.6. The summed E-state index contributed by atoms with van der Waals surface area (Å²) in [4.78, 5) is 10.9. The summed E-state index contributed by atoms with van der Waals surface area (Å²) in [5.41, 5.74) is 5.42. The zero-order valence-electron chi connectivity index (χ0n) is 7.30. The van der Waals surface area contributed by atoms with Gasteiger partial charge in [-0.25, -0.2) is 0 Å². The minimum Gasteiger partial charge on any atom is -0.465 e. The van der Waals surface area contributed by atoms with Crippen LogP contribution < -0.4 is 5.73 Å². The Hall–Kier alpha value is -0.570. The molecule has 0 aromatic carbocycles. The molecule has 0 aliphatic rings. The van der Waals surface area contributed by atoms with Gasteiger partial charge in [-0.2, -0.15) is 0 Å². The fourth-order valence-electron chi connectivity index (χ4n) is 0.591. The lowest BCUT2D eigenvalue weighted by Crippen LogP contribution is -2.31. The average Bonchev–Trinajstić information content (AvgIpc) is 2.03. The van der Waals surface area contributed by atoms with E-state index in [0.717, 1.165) is 12.8 Å². The number of rotatable bonds is 5. The van der Waals surface area contributed by atoms with Gasteiger partial charge >= 0.3 is 5.97 Å². The first-order valence-electron chi connectivity index (χ1n) is 4.14. The van der Waals surface area contributed by atoms with E-state index < -0.39 is 6.04 Å². The smallest absolute Gasteiger partial charge is 0.322 e. The summed E-state index contributed by atoms with van der Waals surface area (Å²) in [6.07, 6.45) is 2.60.